The van der Waals surface area contributed by atoms with Crippen molar-refractivity contribution in [2.75, 3.05) is 5.43 Å². The lowest BCUT2D eigenvalue weighted by molar-refractivity contribution is 1.06. The molecule has 22 heavy (non-hydrogen) atoms. The predicted octanol–water partition coefficient (Wildman–Crippen LogP) is 4.02. The van der Waals surface area contributed by atoms with Gasteiger partial charge in [-0.05, 0) is 43.7 Å². The summed E-state index contributed by atoms with van der Waals surface area (Å²) in [5.74, 6) is 0. The second kappa shape index (κ2) is 6.26. The highest BCUT2D eigenvalue weighted by atomic mass is 15.3. The lowest BCUT2D eigenvalue weighted by Gasteiger charge is -2.06. The molecule has 4 nitrogen and oxygen atoms in total. The van der Waals surface area contributed by atoms with Crippen LogP contribution in [-0.4, -0.2) is 15.3 Å². The molecule has 0 amide bonds. The van der Waals surface area contributed by atoms with Crippen LogP contribution in [-0.2, 0) is 0 Å². The smallest absolute Gasteiger partial charge is 0.0991 e. The number of aromatic nitrogens is 2. The van der Waals surface area contributed by atoms with Crippen LogP contribution in [0.25, 0.3) is 5.69 Å². The number of hydrogen-bond acceptors (Lipinski definition) is 3. The van der Waals surface area contributed by atoms with E-state index in [9.17, 15) is 0 Å². The molecule has 3 rings (SSSR count). The zero-order valence-corrected chi connectivity index (χ0v) is 12.7. The Morgan fingerprint density at radius 2 is 1.77 bits per heavy atom. The Labute approximate surface area is 130 Å². The van der Waals surface area contributed by atoms with E-state index >= 15 is 0 Å². The van der Waals surface area contributed by atoms with Crippen molar-refractivity contribution in [3.05, 3.63) is 78.4 Å². The first-order valence-electron chi connectivity index (χ1n) is 7.18. The van der Waals surface area contributed by atoms with Crippen LogP contribution >= 0.6 is 0 Å². The van der Waals surface area contributed by atoms with Crippen LogP contribution in [0.3, 0.4) is 0 Å². The number of nitrogens with zero attached hydrogens (tertiary/aromatic N) is 3. The Balaban J connectivity index is 1.72. The van der Waals surface area contributed by atoms with E-state index in [1.807, 2.05) is 29.8 Å². The maximum atomic E-state index is 4.43. The number of hydrogen-bond donors (Lipinski definition) is 1. The monoisotopic (exact) mass is 290 g/mol. The molecule has 3 aromatic rings. The van der Waals surface area contributed by atoms with Crippen molar-refractivity contribution in [3.63, 3.8) is 0 Å². The van der Waals surface area contributed by atoms with Gasteiger partial charge in [-0.2, -0.15) is 5.10 Å². The second-order valence-corrected chi connectivity index (χ2v) is 5.19. The zero-order valence-electron chi connectivity index (χ0n) is 12.7. The minimum absolute atomic E-state index is 0.942. The highest BCUT2D eigenvalue weighted by Gasteiger charge is 2.00. The molecule has 0 saturated heterocycles. The summed E-state index contributed by atoms with van der Waals surface area (Å²) in [4.78, 5) is 4.05. The first kappa shape index (κ1) is 14.1. The fraction of sp³-hybridized carbons (Fsp3) is 0.111. The van der Waals surface area contributed by atoms with Crippen molar-refractivity contribution >= 4 is 11.4 Å². The predicted molar refractivity (Wildman–Crippen MR) is 90.6 cm³/mol. The van der Waals surface area contributed by atoms with Crippen LogP contribution in [0.2, 0.25) is 0 Å². The summed E-state index contributed by atoms with van der Waals surface area (Å²) in [7, 11) is 0. The minimum Gasteiger partial charge on any atom is -0.306 e. The molecule has 0 aliphatic rings. The average molecular weight is 290 g/mol. The van der Waals surface area contributed by atoms with Crippen molar-refractivity contribution in [1.82, 2.24) is 9.55 Å². The van der Waals surface area contributed by atoms with Crippen molar-refractivity contribution < 1.29 is 0 Å². The molecule has 110 valence electrons. The van der Waals surface area contributed by atoms with E-state index in [1.165, 1.54) is 5.56 Å². The number of anilines is 1. The van der Waals surface area contributed by atoms with E-state index in [4.69, 9.17) is 0 Å². The Bertz CT molecular complexity index is 754. The van der Waals surface area contributed by atoms with E-state index < -0.39 is 0 Å². The number of imidazole rings is 1. The van der Waals surface area contributed by atoms with Gasteiger partial charge in [-0.15, -0.1) is 0 Å². The lowest BCUT2D eigenvalue weighted by Crippen LogP contribution is -2.00. The van der Waals surface area contributed by atoms with Gasteiger partial charge < -0.3 is 4.57 Å². The van der Waals surface area contributed by atoms with E-state index in [-0.39, 0.29) is 0 Å². The average Bonchev–Trinajstić information content (AvgIpc) is 3.09. The Kier molecular flexibility index (Phi) is 4.01. The molecule has 0 aliphatic heterocycles. The molecule has 2 aromatic carbocycles. The van der Waals surface area contributed by atoms with Crippen molar-refractivity contribution in [1.29, 1.82) is 0 Å². The first-order chi connectivity index (χ1) is 10.7. The van der Waals surface area contributed by atoms with Gasteiger partial charge in [-0.3, -0.25) is 5.43 Å². The first-order valence-corrected chi connectivity index (χ1v) is 7.18. The zero-order chi connectivity index (χ0) is 15.4. The largest absolute Gasteiger partial charge is 0.306 e. The summed E-state index contributed by atoms with van der Waals surface area (Å²) in [5, 5.41) is 4.43. The summed E-state index contributed by atoms with van der Waals surface area (Å²) in [6, 6.07) is 16.4. The van der Waals surface area contributed by atoms with E-state index in [0.29, 0.717) is 0 Å². The fourth-order valence-corrected chi connectivity index (χ4v) is 2.13. The van der Waals surface area contributed by atoms with Crippen LogP contribution in [0.5, 0.6) is 0 Å². The van der Waals surface area contributed by atoms with Gasteiger partial charge in [0.25, 0.3) is 0 Å². The second-order valence-electron chi connectivity index (χ2n) is 5.19. The summed E-state index contributed by atoms with van der Waals surface area (Å²) in [6.07, 6.45) is 5.48. The molecule has 0 bridgehead atoms. The van der Waals surface area contributed by atoms with Crippen LogP contribution in [0.4, 0.5) is 5.69 Å². The van der Waals surface area contributed by atoms with Crippen molar-refractivity contribution in [2.45, 2.75) is 13.8 Å². The third kappa shape index (κ3) is 3.23. The number of aryl methyl sites for hydroxylation is 1. The topological polar surface area (TPSA) is 42.2 Å². The molecule has 0 unspecified atom stereocenters. The molecule has 1 N–H and O–H groups in total. The molecule has 0 radical (unpaired) electrons. The molecule has 0 fully saturated rings. The number of rotatable bonds is 4. The maximum Gasteiger partial charge on any atom is 0.0991 e. The van der Waals surface area contributed by atoms with Gasteiger partial charge in [-0.1, -0.05) is 29.8 Å². The number of nitrogens with one attached hydrogen (secondary N) is 1. The molecule has 0 saturated carbocycles. The summed E-state index contributed by atoms with van der Waals surface area (Å²) >= 11 is 0. The molecular weight excluding hydrogens is 272 g/mol. The fourth-order valence-electron chi connectivity index (χ4n) is 2.13. The summed E-state index contributed by atoms with van der Waals surface area (Å²) in [6.45, 7) is 4.06. The molecular formula is C18H18N4. The van der Waals surface area contributed by atoms with E-state index in [2.05, 4.69) is 58.8 Å². The summed E-state index contributed by atoms with van der Waals surface area (Å²) in [5.41, 5.74) is 8.42. The molecule has 1 aromatic heterocycles. The third-order valence-electron chi connectivity index (χ3n) is 3.49. The van der Waals surface area contributed by atoms with Crippen LogP contribution in [0.15, 0.2) is 72.4 Å². The standard InChI is InChI=1S/C18H18N4/c1-14-3-7-17(8-4-14)21-20-15(2)16-5-9-18(10-6-16)22-12-11-19-13-22/h3-13,21H,1-2H3. The number of hydrazone groups is 1. The Morgan fingerprint density at radius 1 is 1.05 bits per heavy atom. The highest BCUT2D eigenvalue weighted by Crippen LogP contribution is 2.12. The molecule has 0 atom stereocenters. The van der Waals surface area contributed by atoms with Gasteiger partial charge in [-0.25, -0.2) is 4.98 Å². The molecule has 4 heteroatoms. The van der Waals surface area contributed by atoms with Crippen LogP contribution in [0, 0.1) is 6.92 Å². The van der Waals surface area contributed by atoms with Gasteiger partial charge in [0.1, 0.15) is 0 Å². The minimum atomic E-state index is 0.942. The molecule has 0 aliphatic carbocycles. The van der Waals surface area contributed by atoms with Gasteiger partial charge in [0.2, 0.25) is 0 Å². The Morgan fingerprint density at radius 3 is 2.41 bits per heavy atom. The third-order valence-corrected chi connectivity index (χ3v) is 3.49. The van der Waals surface area contributed by atoms with Crippen LogP contribution < -0.4 is 5.43 Å². The molecule has 1 heterocycles. The van der Waals surface area contributed by atoms with Crippen molar-refractivity contribution in [3.8, 4) is 5.69 Å². The van der Waals surface area contributed by atoms with Crippen LogP contribution in [0.1, 0.15) is 18.1 Å². The Hall–Kier alpha value is -2.88. The van der Waals surface area contributed by atoms with E-state index in [1.54, 1.807) is 12.5 Å². The number of benzene rings is 2. The van der Waals surface area contributed by atoms with Gasteiger partial charge in [0.15, 0.2) is 0 Å². The summed E-state index contributed by atoms with van der Waals surface area (Å²) < 4.78 is 1.97. The van der Waals surface area contributed by atoms with Gasteiger partial charge in [0.05, 0.1) is 17.7 Å². The highest BCUT2D eigenvalue weighted by molar-refractivity contribution is 5.99. The van der Waals surface area contributed by atoms with Gasteiger partial charge in [0, 0.05) is 18.1 Å². The quantitative estimate of drug-likeness (QED) is 0.582. The normalized spacial score (nSPS) is 11.5. The molecule has 0 spiro atoms. The van der Waals surface area contributed by atoms with Crippen molar-refractivity contribution in [2.24, 2.45) is 5.10 Å². The van der Waals surface area contributed by atoms with Gasteiger partial charge >= 0.3 is 0 Å². The SMILES string of the molecule is CC(=NNc1ccc(C)cc1)c1ccc(-n2ccnc2)cc1. The van der Waals surface area contributed by atoms with E-state index in [0.717, 1.165) is 22.6 Å². The lowest BCUT2D eigenvalue weighted by atomic mass is 10.1. The maximum absolute atomic E-state index is 4.43.